The molecule has 0 aromatic heterocycles. The highest BCUT2D eigenvalue weighted by Gasteiger charge is 2.17. The first kappa shape index (κ1) is 12.2. The van der Waals surface area contributed by atoms with Crippen molar-refractivity contribution in [2.45, 2.75) is 25.9 Å². The second kappa shape index (κ2) is 4.30. The van der Waals surface area contributed by atoms with Crippen LogP contribution >= 0.6 is 7.92 Å². The lowest BCUT2D eigenvalue weighted by Crippen LogP contribution is -2.11. The average Bonchev–Trinajstić information content (AvgIpc) is 1.62. The maximum atomic E-state index is 8.70. The van der Waals surface area contributed by atoms with E-state index in [1.807, 2.05) is 0 Å². The van der Waals surface area contributed by atoms with E-state index in [0.29, 0.717) is 11.5 Å². The average molecular weight is 148 g/mol. The van der Waals surface area contributed by atoms with Crippen molar-refractivity contribution in [1.29, 1.82) is 0 Å². The van der Waals surface area contributed by atoms with E-state index in [4.69, 9.17) is 5.11 Å². The second-order valence-electron chi connectivity index (χ2n) is 3.01. The van der Waals surface area contributed by atoms with Crippen LogP contribution in [0.1, 0.15) is 20.8 Å². The van der Waals surface area contributed by atoms with Gasteiger partial charge in [0.15, 0.2) is 0 Å². The molecule has 0 radical (unpaired) electrons. The van der Waals surface area contributed by atoms with E-state index in [2.05, 4.69) is 27.4 Å². The molecule has 9 heavy (non-hydrogen) atoms. The van der Waals surface area contributed by atoms with E-state index < -0.39 is 0 Å². The maximum absolute atomic E-state index is 8.70. The molecule has 0 saturated heterocycles. The number of rotatable bonds is 1. The Morgan fingerprint density at radius 2 is 1.67 bits per heavy atom. The van der Waals surface area contributed by atoms with Gasteiger partial charge in [0, 0.05) is 0 Å². The minimum absolute atomic E-state index is 0. The summed E-state index contributed by atoms with van der Waals surface area (Å²) in [6, 6.07) is 0. The van der Waals surface area contributed by atoms with Crippen LogP contribution in [0.4, 0.5) is 0 Å². The molecule has 0 amide bonds. The Labute approximate surface area is 61.2 Å². The molecule has 56 valence electrons. The summed E-state index contributed by atoms with van der Waals surface area (Å²) in [6.45, 7) is 8.61. The number of aliphatic hydroxyl groups is 1. The molecule has 0 saturated carbocycles. The van der Waals surface area contributed by atoms with Gasteiger partial charge in [0.1, 0.15) is 0 Å². The van der Waals surface area contributed by atoms with E-state index in [9.17, 15) is 0 Å². The Hall–Kier alpha value is 0.455. The monoisotopic (exact) mass is 148 g/mol. The van der Waals surface area contributed by atoms with Crippen LogP contribution in [0.2, 0.25) is 0 Å². The molecule has 1 unspecified atom stereocenters. The zero-order valence-corrected chi connectivity index (χ0v) is 7.00. The summed E-state index contributed by atoms with van der Waals surface area (Å²) in [4.78, 5) is 0. The summed E-state index contributed by atoms with van der Waals surface area (Å²) in [7, 11) is -0.164. The Balaban J connectivity index is 0. The Morgan fingerprint density at radius 3 is 1.67 bits per heavy atom. The Morgan fingerprint density at radius 1 is 1.33 bits per heavy atom. The van der Waals surface area contributed by atoms with Crippen molar-refractivity contribution in [2.75, 3.05) is 13.0 Å². The number of hydrogen-bond acceptors (Lipinski definition) is 1. The van der Waals surface area contributed by atoms with Gasteiger partial charge >= 0.3 is 0 Å². The molecule has 1 nitrogen and oxygen atoms in total. The van der Waals surface area contributed by atoms with Gasteiger partial charge in [-0.3, -0.25) is 0 Å². The molecule has 0 aliphatic heterocycles. The minimum atomic E-state index is -0.164. The molecular weight excluding hydrogens is 130 g/mol. The molecule has 0 rings (SSSR count). The largest absolute Gasteiger partial charge is 0.392 e. The lowest BCUT2D eigenvalue weighted by Gasteiger charge is -2.25. The Bertz CT molecular complexity index is 69.9. The highest BCUT2D eigenvalue weighted by atomic mass is 31.1. The fourth-order valence-corrected chi connectivity index (χ4v) is 0.636. The maximum Gasteiger partial charge on any atom is 0.0814 e. The van der Waals surface area contributed by atoms with E-state index in [1.54, 1.807) is 0 Å². The molecule has 1 N–H and O–H groups in total. The third-order valence-electron chi connectivity index (χ3n) is 1.36. The molecule has 0 heterocycles. The molecular formula is C6H18BOP. The molecule has 0 aliphatic rings. The van der Waals surface area contributed by atoms with Gasteiger partial charge in [-0.15, -0.1) is 0 Å². The first-order chi connectivity index (χ1) is 3.48. The zero-order chi connectivity index (χ0) is 6.78. The van der Waals surface area contributed by atoms with Gasteiger partial charge in [-0.1, -0.05) is 28.7 Å². The fourth-order valence-electron chi connectivity index (χ4n) is 0.212. The summed E-state index contributed by atoms with van der Waals surface area (Å²) in [5.74, 6) is 0. The van der Waals surface area contributed by atoms with Gasteiger partial charge in [0.05, 0.1) is 14.8 Å². The van der Waals surface area contributed by atoms with Crippen molar-refractivity contribution in [3.8, 4) is 0 Å². The van der Waals surface area contributed by atoms with E-state index in [-0.39, 0.29) is 16.3 Å². The summed E-state index contributed by atoms with van der Waals surface area (Å²) in [5, 5.41) is 9.02. The lowest BCUT2D eigenvalue weighted by atomic mass is 10.3. The van der Waals surface area contributed by atoms with Crippen LogP contribution in [0.15, 0.2) is 0 Å². The van der Waals surface area contributed by atoms with Gasteiger partial charge in [-0.25, -0.2) is 0 Å². The minimum Gasteiger partial charge on any atom is -0.392 e. The number of hydrogen-bond donors (Lipinski definition) is 1. The van der Waals surface area contributed by atoms with Gasteiger partial charge in [0.25, 0.3) is 0 Å². The van der Waals surface area contributed by atoms with Crippen molar-refractivity contribution in [2.24, 2.45) is 0 Å². The van der Waals surface area contributed by atoms with Crippen LogP contribution in [0.25, 0.3) is 0 Å². The van der Waals surface area contributed by atoms with Gasteiger partial charge in [-0.2, -0.15) is 0 Å². The second-order valence-corrected chi connectivity index (χ2v) is 6.03. The van der Waals surface area contributed by atoms with Crippen LogP contribution in [-0.2, 0) is 0 Å². The summed E-state index contributed by atoms with van der Waals surface area (Å²) < 4.78 is 0. The van der Waals surface area contributed by atoms with Crippen molar-refractivity contribution in [3.05, 3.63) is 0 Å². The lowest BCUT2D eigenvalue weighted by molar-refractivity contribution is 0.367. The molecule has 0 fully saturated rings. The van der Waals surface area contributed by atoms with Gasteiger partial charge in [0.2, 0.25) is 0 Å². The molecule has 0 spiro atoms. The van der Waals surface area contributed by atoms with E-state index >= 15 is 0 Å². The predicted molar refractivity (Wildman–Crippen MR) is 49.6 cm³/mol. The Kier molecular flexibility index (Phi) is 5.81. The smallest absolute Gasteiger partial charge is 0.0814 e. The molecule has 0 aromatic rings. The summed E-state index contributed by atoms with van der Waals surface area (Å²) in [5.41, 5.74) is 0. The van der Waals surface area contributed by atoms with Crippen molar-refractivity contribution in [1.82, 2.24) is 0 Å². The summed E-state index contributed by atoms with van der Waals surface area (Å²) in [6.07, 6.45) is 0.360. The quantitative estimate of drug-likeness (QED) is 0.427. The normalized spacial score (nSPS) is 14.3. The van der Waals surface area contributed by atoms with Crippen molar-refractivity contribution < 1.29 is 5.11 Å². The molecule has 0 aromatic carbocycles. The third-order valence-corrected chi connectivity index (χ3v) is 4.07. The van der Waals surface area contributed by atoms with Crippen molar-refractivity contribution >= 4 is 16.3 Å². The molecule has 0 bridgehead atoms. The molecule has 3 heteroatoms. The fraction of sp³-hybridized carbons (Fsp3) is 1.00. The highest BCUT2D eigenvalue weighted by Crippen LogP contribution is 2.44. The molecule has 1 atom stereocenters. The van der Waals surface area contributed by atoms with Crippen LogP contribution < -0.4 is 0 Å². The standard InChI is InChI=1S/C6H15OP.BH3/c1-6(2,3)8(4)5-7;/h7H,5H2,1-4H3;1H3. The topological polar surface area (TPSA) is 20.2 Å². The van der Waals surface area contributed by atoms with Gasteiger partial charge < -0.3 is 5.11 Å². The highest BCUT2D eigenvalue weighted by molar-refractivity contribution is 7.58. The first-order valence-corrected chi connectivity index (χ1v) is 4.78. The van der Waals surface area contributed by atoms with Crippen LogP contribution in [0, 0.1) is 0 Å². The first-order valence-electron chi connectivity index (χ1n) is 2.80. The van der Waals surface area contributed by atoms with Crippen LogP contribution in [0.5, 0.6) is 0 Å². The zero-order valence-electron chi connectivity index (χ0n) is 6.10. The van der Waals surface area contributed by atoms with Crippen LogP contribution in [0.3, 0.4) is 0 Å². The van der Waals surface area contributed by atoms with Crippen molar-refractivity contribution in [3.63, 3.8) is 0 Å². The number of aliphatic hydroxyl groups excluding tert-OH is 1. The van der Waals surface area contributed by atoms with Gasteiger partial charge in [-0.05, 0) is 11.8 Å². The van der Waals surface area contributed by atoms with E-state index in [1.165, 1.54) is 0 Å². The van der Waals surface area contributed by atoms with E-state index in [0.717, 1.165) is 0 Å². The van der Waals surface area contributed by atoms with Crippen LogP contribution in [-0.4, -0.2) is 31.7 Å². The predicted octanol–water partition coefficient (Wildman–Crippen LogP) is 0.662. The molecule has 0 aliphatic carbocycles. The summed E-state index contributed by atoms with van der Waals surface area (Å²) >= 11 is 0. The SMILES string of the molecule is B.CP(CO)C(C)(C)C. The third kappa shape index (κ3) is 4.93.